The predicted molar refractivity (Wildman–Crippen MR) is 63.3 cm³/mol. The molecule has 1 N–H and O–H groups in total. The van der Waals surface area contributed by atoms with Crippen LogP contribution in [0.1, 0.15) is 45.4 Å². The fraction of sp³-hybridized carbons (Fsp3) is 0.692. The lowest BCUT2D eigenvalue weighted by Gasteiger charge is -2.36. The zero-order chi connectivity index (χ0) is 11.6. The highest BCUT2D eigenvalue weighted by molar-refractivity contribution is 5.03. The number of hydrogen-bond acceptors (Lipinski definition) is 3. The lowest BCUT2D eigenvalue weighted by molar-refractivity contribution is -0.0642. The van der Waals surface area contributed by atoms with E-state index in [9.17, 15) is 0 Å². The molecule has 1 aromatic rings. The molecule has 90 valence electrons. The van der Waals surface area contributed by atoms with Gasteiger partial charge in [0.1, 0.15) is 5.76 Å². The molecule has 2 heterocycles. The van der Waals surface area contributed by atoms with Gasteiger partial charge in [0.15, 0.2) is 0 Å². The van der Waals surface area contributed by atoms with Crippen molar-refractivity contribution in [1.29, 1.82) is 0 Å². The molecule has 1 aliphatic heterocycles. The first kappa shape index (κ1) is 11.7. The molecule has 0 radical (unpaired) electrons. The van der Waals surface area contributed by atoms with Crippen LogP contribution in [0.2, 0.25) is 0 Å². The molecule has 0 spiro atoms. The van der Waals surface area contributed by atoms with Gasteiger partial charge in [-0.3, -0.25) is 0 Å². The first-order chi connectivity index (χ1) is 7.57. The molecule has 0 bridgehead atoms. The Labute approximate surface area is 97.2 Å². The summed E-state index contributed by atoms with van der Waals surface area (Å²) in [4.78, 5) is 0. The van der Waals surface area contributed by atoms with Crippen molar-refractivity contribution < 1.29 is 9.15 Å². The second kappa shape index (κ2) is 4.60. The van der Waals surface area contributed by atoms with Gasteiger partial charge < -0.3 is 14.5 Å². The number of nitrogens with one attached hydrogen (secondary N) is 1. The zero-order valence-electron chi connectivity index (χ0n) is 10.3. The van der Waals surface area contributed by atoms with E-state index in [1.165, 1.54) is 0 Å². The van der Waals surface area contributed by atoms with E-state index in [-0.39, 0.29) is 11.6 Å². The van der Waals surface area contributed by atoms with Gasteiger partial charge in [-0.2, -0.15) is 0 Å². The van der Waals surface area contributed by atoms with E-state index in [4.69, 9.17) is 9.15 Å². The summed E-state index contributed by atoms with van der Waals surface area (Å²) in [5.41, 5.74) is -0.00119. The van der Waals surface area contributed by atoms with Crippen molar-refractivity contribution in [2.24, 2.45) is 0 Å². The summed E-state index contributed by atoms with van der Waals surface area (Å²) in [6, 6.07) is 4.74. The van der Waals surface area contributed by atoms with Crippen molar-refractivity contribution in [2.75, 3.05) is 6.61 Å². The van der Waals surface area contributed by atoms with Gasteiger partial charge in [0.25, 0.3) is 0 Å². The third-order valence-electron chi connectivity index (χ3n) is 3.15. The van der Waals surface area contributed by atoms with Crippen molar-refractivity contribution in [2.45, 2.75) is 51.3 Å². The molecular weight excluding hydrogens is 202 g/mol. The highest BCUT2D eigenvalue weighted by Crippen LogP contribution is 2.25. The standard InChI is InChI=1S/C13H21NO2/c1-10(12-5-4-7-15-12)14-11-6-8-16-13(2,3)9-11/h4-5,7,10-11,14H,6,8-9H2,1-3H3. The molecule has 0 aromatic carbocycles. The van der Waals surface area contributed by atoms with Gasteiger partial charge in [-0.1, -0.05) is 0 Å². The predicted octanol–water partition coefficient (Wildman–Crippen LogP) is 2.89. The molecule has 1 aromatic heterocycles. The largest absolute Gasteiger partial charge is 0.468 e. The summed E-state index contributed by atoms with van der Waals surface area (Å²) in [7, 11) is 0. The van der Waals surface area contributed by atoms with E-state index in [1.807, 2.05) is 12.1 Å². The van der Waals surface area contributed by atoms with Crippen LogP contribution in [0.15, 0.2) is 22.8 Å². The van der Waals surface area contributed by atoms with Crippen LogP contribution in [-0.2, 0) is 4.74 Å². The monoisotopic (exact) mass is 223 g/mol. The van der Waals surface area contributed by atoms with Gasteiger partial charge in [0, 0.05) is 12.6 Å². The zero-order valence-corrected chi connectivity index (χ0v) is 10.3. The quantitative estimate of drug-likeness (QED) is 0.855. The Morgan fingerprint density at radius 1 is 1.50 bits per heavy atom. The second-order valence-corrected chi connectivity index (χ2v) is 5.20. The van der Waals surface area contributed by atoms with Gasteiger partial charge in [-0.15, -0.1) is 0 Å². The number of rotatable bonds is 3. The number of hydrogen-bond donors (Lipinski definition) is 1. The first-order valence-electron chi connectivity index (χ1n) is 6.00. The summed E-state index contributed by atoms with van der Waals surface area (Å²) < 4.78 is 11.1. The van der Waals surface area contributed by atoms with Crippen molar-refractivity contribution in [3.63, 3.8) is 0 Å². The Morgan fingerprint density at radius 3 is 2.94 bits per heavy atom. The van der Waals surface area contributed by atoms with E-state index in [0.29, 0.717) is 6.04 Å². The maximum atomic E-state index is 5.70. The second-order valence-electron chi connectivity index (χ2n) is 5.20. The van der Waals surface area contributed by atoms with E-state index in [2.05, 4.69) is 26.1 Å². The number of furan rings is 1. The van der Waals surface area contributed by atoms with Crippen LogP contribution in [0.25, 0.3) is 0 Å². The molecule has 1 aliphatic rings. The molecule has 16 heavy (non-hydrogen) atoms. The van der Waals surface area contributed by atoms with Crippen molar-refractivity contribution in [3.8, 4) is 0 Å². The minimum absolute atomic E-state index is 0.00119. The van der Waals surface area contributed by atoms with Gasteiger partial charge in [-0.05, 0) is 45.7 Å². The van der Waals surface area contributed by atoms with E-state index >= 15 is 0 Å². The van der Waals surface area contributed by atoms with E-state index in [0.717, 1.165) is 25.2 Å². The topological polar surface area (TPSA) is 34.4 Å². The van der Waals surface area contributed by atoms with Crippen molar-refractivity contribution in [1.82, 2.24) is 5.32 Å². The first-order valence-corrected chi connectivity index (χ1v) is 6.00. The average molecular weight is 223 g/mol. The molecular formula is C13H21NO2. The number of ether oxygens (including phenoxy) is 1. The Morgan fingerprint density at radius 2 is 2.31 bits per heavy atom. The van der Waals surface area contributed by atoms with Crippen LogP contribution < -0.4 is 5.32 Å². The van der Waals surface area contributed by atoms with E-state index < -0.39 is 0 Å². The van der Waals surface area contributed by atoms with Gasteiger partial charge >= 0.3 is 0 Å². The normalized spacial score (nSPS) is 26.6. The fourth-order valence-corrected chi connectivity index (χ4v) is 2.35. The highest BCUT2D eigenvalue weighted by Gasteiger charge is 2.29. The Kier molecular flexibility index (Phi) is 3.36. The van der Waals surface area contributed by atoms with Crippen LogP contribution in [0.3, 0.4) is 0 Å². The Hall–Kier alpha value is -0.800. The van der Waals surface area contributed by atoms with Gasteiger partial charge in [-0.25, -0.2) is 0 Å². The van der Waals surface area contributed by atoms with Crippen LogP contribution in [0, 0.1) is 0 Å². The van der Waals surface area contributed by atoms with Crippen LogP contribution in [0.4, 0.5) is 0 Å². The maximum absolute atomic E-state index is 5.70. The van der Waals surface area contributed by atoms with E-state index in [1.54, 1.807) is 6.26 Å². The smallest absolute Gasteiger partial charge is 0.120 e. The SMILES string of the molecule is CC(NC1CCOC(C)(C)C1)c1ccco1. The molecule has 3 heteroatoms. The van der Waals surface area contributed by atoms with Gasteiger partial charge in [0.05, 0.1) is 17.9 Å². The molecule has 1 fully saturated rings. The van der Waals surface area contributed by atoms with Crippen LogP contribution in [0.5, 0.6) is 0 Å². The van der Waals surface area contributed by atoms with Crippen molar-refractivity contribution >= 4 is 0 Å². The average Bonchev–Trinajstić information content (AvgIpc) is 2.68. The molecule has 2 atom stereocenters. The molecule has 3 nitrogen and oxygen atoms in total. The molecule has 0 aliphatic carbocycles. The summed E-state index contributed by atoms with van der Waals surface area (Å²) in [6.07, 6.45) is 3.86. The molecule has 1 saturated heterocycles. The summed E-state index contributed by atoms with van der Waals surface area (Å²) in [5, 5.41) is 3.60. The summed E-state index contributed by atoms with van der Waals surface area (Å²) >= 11 is 0. The summed E-state index contributed by atoms with van der Waals surface area (Å²) in [5.74, 6) is 1.00. The molecule has 2 rings (SSSR count). The highest BCUT2D eigenvalue weighted by atomic mass is 16.5. The van der Waals surface area contributed by atoms with Crippen LogP contribution in [-0.4, -0.2) is 18.2 Å². The van der Waals surface area contributed by atoms with Crippen LogP contribution >= 0.6 is 0 Å². The molecule has 0 saturated carbocycles. The lowest BCUT2D eigenvalue weighted by atomic mass is 9.93. The minimum Gasteiger partial charge on any atom is -0.468 e. The minimum atomic E-state index is -0.00119. The molecule has 0 amide bonds. The lowest BCUT2D eigenvalue weighted by Crippen LogP contribution is -2.44. The third-order valence-corrected chi connectivity index (χ3v) is 3.15. The van der Waals surface area contributed by atoms with Crippen molar-refractivity contribution in [3.05, 3.63) is 24.2 Å². The summed E-state index contributed by atoms with van der Waals surface area (Å²) in [6.45, 7) is 7.29. The third kappa shape index (κ3) is 2.86. The Balaban J connectivity index is 1.90. The fourth-order valence-electron chi connectivity index (χ4n) is 2.35. The molecule has 2 unspecified atom stereocenters. The maximum Gasteiger partial charge on any atom is 0.120 e. The Bertz CT molecular complexity index is 319. The van der Waals surface area contributed by atoms with Gasteiger partial charge in [0.2, 0.25) is 0 Å².